The zero-order chi connectivity index (χ0) is 16.1. The molecule has 0 atom stereocenters. The maximum absolute atomic E-state index is 12.9. The van der Waals surface area contributed by atoms with Gasteiger partial charge in [0.05, 0.1) is 18.9 Å². The number of anilines is 1. The van der Waals surface area contributed by atoms with Gasteiger partial charge in [-0.1, -0.05) is 63.6 Å². The maximum atomic E-state index is 12.9. The van der Waals surface area contributed by atoms with E-state index in [2.05, 4.69) is 6.92 Å². The van der Waals surface area contributed by atoms with E-state index in [9.17, 15) is 4.79 Å². The zero-order valence-electron chi connectivity index (χ0n) is 14.1. The number of fused-ring (bicyclic) bond motifs is 2. The first kappa shape index (κ1) is 16.5. The molecule has 2 heterocycles. The molecule has 23 heavy (non-hydrogen) atoms. The van der Waals surface area contributed by atoms with E-state index in [-0.39, 0.29) is 5.91 Å². The lowest BCUT2D eigenvalue weighted by atomic mass is 10.1. The van der Waals surface area contributed by atoms with Gasteiger partial charge in [-0.15, -0.1) is 0 Å². The van der Waals surface area contributed by atoms with E-state index in [1.165, 1.54) is 38.5 Å². The van der Waals surface area contributed by atoms with Gasteiger partial charge in [0.1, 0.15) is 0 Å². The molecular weight excluding hydrogens is 290 g/mol. The smallest absolute Gasteiger partial charge is 0.292 e. The standard InChI is InChI=1S/C19H27NO3/c1-2-3-4-5-6-7-10-13-20-17-12-9-8-11-16(17)19(18(20)21)22-14-15-23-19/h8-9,11-12H,2-7,10,13-15H2,1H3. The van der Waals surface area contributed by atoms with Crippen molar-refractivity contribution in [3.05, 3.63) is 29.8 Å². The monoisotopic (exact) mass is 317 g/mol. The van der Waals surface area contributed by atoms with Crippen LogP contribution in [0.2, 0.25) is 0 Å². The number of unbranched alkanes of at least 4 members (excludes halogenated alkanes) is 6. The summed E-state index contributed by atoms with van der Waals surface area (Å²) >= 11 is 0. The van der Waals surface area contributed by atoms with Gasteiger partial charge in [0.15, 0.2) is 0 Å². The molecule has 126 valence electrons. The molecule has 1 amide bonds. The number of para-hydroxylation sites is 1. The first-order valence-corrected chi connectivity index (χ1v) is 8.99. The number of amides is 1. The van der Waals surface area contributed by atoms with E-state index < -0.39 is 5.79 Å². The molecule has 0 aromatic heterocycles. The highest BCUT2D eigenvalue weighted by Crippen LogP contribution is 2.45. The molecule has 0 radical (unpaired) electrons. The van der Waals surface area contributed by atoms with Crippen LogP contribution in [0, 0.1) is 0 Å². The Bertz CT molecular complexity index is 537. The van der Waals surface area contributed by atoms with Crippen LogP contribution in [0.25, 0.3) is 0 Å². The zero-order valence-corrected chi connectivity index (χ0v) is 14.1. The molecule has 0 N–H and O–H groups in total. The van der Waals surface area contributed by atoms with Gasteiger partial charge >= 0.3 is 0 Å². The molecule has 1 fully saturated rings. The third kappa shape index (κ3) is 3.15. The lowest BCUT2D eigenvalue weighted by Crippen LogP contribution is -2.41. The first-order valence-electron chi connectivity index (χ1n) is 8.99. The van der Waals surface area contributed by atoms with E-state index in [0.717, 1.165) is 24.2 Å². The number of hydrogen-bond donors (Lipinski definition) is 0. The van der Waals surface area contributed by atoms with Gasteiger partial charge in [-0.25, -0.2) is 0 Å². The second-order valence-electron chi connectivity index (χ2n) is 6.41. The van der Waals surface area contributed by atoms with Crippen LogP contribution in [-0.2, 0) is 20.1 Å². The lowest BCUT2D eigenvalue weighted by Gasteiger charge is -2.22. The predicted octanol–water partition coefficient (Wildman–Crippen LogP) is 3.98. The van der Waals surface area contributed by atoms with Gasteiger partial charge in [0, 0.05) is 12.1 Å². The number of rotatable bonds is 8. The molecule has 1 aromatic rings. The lowest BCUT2D eigenvalue weighted by molar-refractivity contribution is -0.180. The molecule has 2 aliphatic heterocycles. The van der Waals surface area contributed by atoms with Crippen molar-refractivity contribution in [2.24, 2.45) is 0 Å². The molecule has 3 rings (SSSR count). The van der Waals surface area contributed by atoms with E-state index >= 15 is 0 Å². The number of ether oxygens (including phenoxy) is 2. The molecular formula is C19H27NO3. The molecule has 4 heteroatoms. The fourth-order valence-electron chi connectivity index (χ4n) is 3.53. The number of benzene rings is 1. The van der Waals surface area contributed by atoms with Crippen LogP contribution in [0.4, 0.5) is 5.69 Å². The second-order valence-corrected chi connectivity index (χ2v) is 6.41. The highest BCUT2D eigenvalue weighted by atomic mass is 16.7. The Morgan fingerprint density at radius 2 is 1.65 bits per heavy atom. The summed E-state index contributed by atoms with van der Waals surface area (Å²) < 4.78 is 11.5. The summed E-state index contributed by atoms with van der Waals surface area (Å²) in [6.45, 7) is 3.94. The number of hydrogen-bond acceptors (Lipinski definition) is 3. The topological polar surface area (TPSA) is 38.8 Å². The summed E-state index contributed by atoms with van der Waals surface area (Å²) in [4.78, 5) is 14.7. The van der Waals surface area contributed by atoms with Crippen LogP contribution < -0.4 is 4.90 Å². The number of carbonyl (C=O) groups is 1. The summed E-state index contributed by atoms with van der Waals surface area (Å²) in [5.41, 5.74) is 1.82. The molecule has 1 aromatic carbocycles. The van der Waals surface area contributed by atoms with E-state index in [0.29, 0.717) is 13.2 Å². The minimum absolute atomic E-state index is 0.0535. The minimum Gasteiger partial charge on any atom is -0.336 e. The van der Waals surface area contributed by atoms with Gasteiger partial charge in [0.25, 0.3) is 11.7 Å². The van der Waals surface area contributed by atoms with Gasteiger partial charge in [-0.05, 0) is 12.5 Å². The maximum Gasteiger partial charge on any atom is 0.292 e. The van der Waals surface area contributed by atoms with Crippen molar-refractivity contribution in [3.63, 3.8) is 0 Å². The van der Waals surface area contributed by atoms with Crippen LogP contribution >= 0.6 is 0 Å². The molecule has 2 aliphatic rings. The molecule has 0 aliphatic carbocycles. The Balaban J connectivity index is 1.59. The van der Waals surface area contributed by atoms with Crippen LogP contribution in [-0.4, -0.2) is 25.7 Å². The molecule has 4 nitrogen and oxygen atoms in total. The highest BCUT2D eigenvalue weighted by Gasteiger charge is 2.55. The Hall–Kier alpha value is -1.39. The van der Waals surface area contributed by atoms with Crippen molar-refractivity contribution in [2.45, 2.75) is 57.7 Å². The van der Waals surface area contributed by atoms with E-state index in [4.69, 9.17) is 9.47 Å². The number of carbonyl (C=O) groups excluding carboxylic acids is 1. The molecule has 0 saturated carbocycles. The van der Waals surface area contributed by atoms with E-state index in [1.807, 2.05) is 29.2 Å². The first-order chi connectivity index (χ1) is 11.3. The average molecular weight is 317 g/mol. The van der Waals surface area contributed by atoms with Crippen molar-refractivity contribution in [1.82, 2.24) is 0 Å². The van der Waals surface area contributed by atoms with Crippen molar-refractivity contribution < 1.29 is 14.3 Å². The van der Waals surface area contributed by atoms with Gasteiger partial charge < -0.3 is 14.4 Å². The normalized spacial score (nSPS) is 18.8. The van der Waals surface area contributed by atoms with E-state index in [1.54, 1.807) is 0 Å². The minimum atomic E-state index is -1.17. The molecule has 0 unspecified atom stereocenters. The third-order valence-corrected chi connectivity index (χ3v) is 4.76. The fourth-order valence-corrected chi connectivity index (χ4v) is 3.53. The molecule has 1 spiro atoms. The van der Waals surface area contributed by atoms with Gasteiger partial charge in [-0.3, -0.25) is 4.79 Å². The van der Waals surface area contributed by atoms with Crippen LogP contribution in [0.1, 0.15) is 57.4 Å². The van der Waals surface area contributed by atoms with Crippen LogP contribution in [0.3, 0.4) is 0 Å². The van der Waals surface area contributed by atoms with Crippen LogP contribution in [0.5, 0.6) is 0 Å². The molecule has 0 bridgehead atoms. The second kappa shape index (κ2) is 7.45. The summed E-state index contributed by atoms with van der Waals surface area (Å²) in [5.74, 6) is -1.22. The average Bonchev–Trinajstić information content (AvgIpc) is 3.15. The quantitative estimate of drug-likeness (QED) is 0.681. The van der Waals surface area contributed by atoms with Gasteiger partial charge in [0.2, 0.25) is 0 Å². The summed E-state index contributed by atoms with van der Waals surface area (Å²) in [7, 11) is 0. The summed E-state index contributed by atoms with van der Waals surface area (Å²) in [6, 6.07) is 7.85. The number of nitrogens with zero attached hydrogens (tertiary/aromatic N) is 1. The van der Waals surface area contributed by atoms with Crippen LogP contribution in [0.15, 0.2) is 24.3 Å². The Morgan fingerprint density at radius 3 is 2.39 bits per heavy atom. The Morgan fingerprint density at radius 1 is 1.00 bits per heavy atom. The Kier molecular flexibility index (Phi) is 5.34. The highest BCUT2D eigenvalue weighted by molar-refractivity contribution is 6.06. The van der Waals surface area contributed by atoms with Crippen molar-refractivity contribution in [3.8, 4) is 0 Å². The predicted molar refractivity (Wildman–Crippen MR) is 90.4 cm³/mol. The van der Waals surface area contributed by atoms with Crippen molar-refractivity contribution >= 4 is 11.6 Å². The Labute approximate surface area is 138 Å². The molecule has 1 saturated heterocycles. The summed E-state index contributed by atoms with van der Waals surface area (Å²) in [5, 5.41) is 0. The fraction of sp³-hybridized carbons (Fsp3) is 0.632. The SMILES string of the molecule is CCCCCCCCCN1C(=O)C2(OCCO2)c2ccccc21. The van der Waals surface area contributed by atoms with Crippen molar-refractivity contribution in [1.29, 1.82) is 0 Å². The largest absolute Gasteiger partial charge is 0.336 e. The van der Waals surface area contributed by atoms with Crippen molar-refractivity contribution in [2.75, 3.05) is 24.7 Å². The van der Waals surface area contributed by atoms with Gasteiger partial charge in [-0.2, -0.15) is 0 Å². The summed E-state index contributed by atoms with van der Waals surface area (Å²) in [6.07, 6.45) is 8.69. The third-order valence-electron chi connectivity index (χ3n) is 4.76.